The van der Waals surface area contributed by atoms with E-state index in [1.807, 2.05) is 55.8 Å². The summed E-state index contributed by atoms with van der Waals surface area (Å²) in [6.07, 6.45) is 13.2. The van der Waals surface area contributed by atoms with Crippen molar-refractivity contribution >= 4 is 11.7 Å². The summed E-state index contributed by atoms with van der Waals surface area (Å²) in [7, 11) is 0. The van der Waals surface area contributed by atoms with Gasteiger partial charge in [0.25, 0.3) is 5.91 Å². The molecule has 0 fully saturated rings. The molecular weight excluding hydrogens is 392 g/mol. The molecule has 7 nitrogen and oxygen atoms in total. The van der Waals surface area contributed by atoms with Crippen LogP contribution in [0.2, 0.25) is 0 Å². The minimum Gasteiger partial charge on any atom is -0.394 e. The van der Waals surface area contributed by atoms with Crippen LogP contribution in [0.1, 0.15) is 36.2 Å². The van der Waals surface area contributed by atoms with Crippen LogP contribution in [0.4, 0.5) is 5.82 Å². The molecule has 31 heavy (non-hydrogen) atoms. The second kappa shape index (κ2) is 11.9. The molecule has 0 saturated carbocycles. The SMILES string of the molecule is C=C/C(=C\C=C/C)C(CO)NC(=O)c1ccn(-c2cc(N[C@@H](CC)CO)ncc2C)c1. The first-order chi connectivity index (χ1) is 15.0. The zero-order valence-electron chi connectivity index (χ0n) is 18.4. The molecule has 0 saturated heterocycles. The smallest absolute Gasteiger partial charge is 0.253 e. The summed E-state index contributed by atoms with van der Waals surface area (Å²) < 4.78 is 1.86. The van der Waals surface area contributed by atoms with Crippen LogP contribution in [0.25, 0.3) is 5.69 Å². The molecule has 0 aliphatic rings. The summed E-state index contributed by atoms with van der Waals surface area (Å²) in [6, 6.07) is 3.00. The number of pyridine rings is 1. The Bertz CT molecular complexity index is 942. The van der Waals surface area contributed by atoms with Gasteiger partial charge in [0.15, 0.2) is 0 Å². The van der Waals surface area contributed by atoms with Crippen LogP contribution in [0.15, 0.2) is 67.2 Å². The van der Waals surface area contributed by atoms with E-state index in [1.165, 1.54) is 0 Å². The summed E-state index contributed by atoms with van der Waals surface area (Å²) in [6.45, 7) is 9.38. The number of hydrogen-bond acceptors (Lipinski definition) is 5. The first kappa shape index (κ1) is 24.1. The minimum atomic E-state index is -0.549. The van der Waals surface area contributed by atoms with Crippen molar-refractivity contribution in [3.05, 3.63) is 78.3 Å². The Morgan fingerprint density at radius 1 is 1.35 bits per heavy atom. The van der Waals surface area contributed by atoms with Gasteiger partial charge < -0.3 is 25.4 Å². The number of nitrogens with one attached hydrogen (secondary N) is 2. The molecule has 0 spiro atoms. The third-order valence-corrected chi connectivity index (χ3v) is 4.98. The summed E-state index contributed by atoms with van der Waals surface area (Å²) in [4.78, 5) is 17.1. The summed E-state index contributed by atoms with van der Waals surface area (Å²) >= 11 is 0. The maximum atomic E-state index is 12.8. The Hall–Kier alpha value is -3.16. The third-order valence-electron chi connectivity index (χ3n) is 4.98. The Kier molecular flexibility index (Phi) is 9.24. The number of aliphatic hydroxyl groups excluding tert-OH is 2. The molecule has 7 heteroatoms. The number of anilines is 1. The summed E-state index contributed by atoms with van der Waals surface area (Å²) in [5.41, 5.74) is 3.02. The van der Waals surface area contributed by atoms with E-state index in [9.17, 15) is 15.0 Å². The zero-order chi connectivity index (χ0) is 22.8. The molecular formula is C24H32N4O3. The number of aryl methyl sites for hydroxylation is 1. The Labute approximate surface area is 183 Å². The topological polar surface area (TPSA) is 99.4 Å². The molecule has 2 atom stereocenters. The van der Waals surface area contributed by atoms with E-state index < -0.39 is 6.04 Å². The first-order valence-corrected chi connectivity index (χ1v) is 10.4. The van der Waals surface area contributed by atoms with Gasteiger partial charge in [-0.25, -0.2) is 4.98 Å². The van der Waals surface area contributed by atoms with E-state index in [0.29, 0.717) is 11.4 Å². The second-order valence-electron chi connectivity index (χ2n) is 7.20. The first-order valence-electron chi connectivity index (χ1n) is 10.4. The zero-order valence-corrected chi connectivity index (χ0v) is 18.4. The number of carbonyl (C=O) groups is 1. The van der Waals surface area contributed by atoms with Gasteiger partial charge in [-0.3, -0.25) is 4.79 Å². The van der Waals surface area contributed by atoms with Gasteiger partial charge in [-0.2, -0.15) is 0 Å². The van der Waals surface area contributed by atoms with Crippen LogP contribution < -0.4 is 10.6 Å². The molecule has 0 aliphatic carbocycles. The van der Waals surface area contributed by atoms with E-state index in [2.05, 4.69) is 22.2 Å². The molecule has 2 rings (SSSR count). The van der Waals surface area contributed by atoms with Gasteiger partial charge in [-0.05, 0) is 37.5 Å². The molecule has 2 aromatic heterocycles. The maximum absolute atomic E-state index is 12.8. The van der Waals surface area contributed by atoms with Crippen molar-refractivity contribution in [3.8, 4) is 5.69 Å². The van der Waals surface area contributed by atoms with E-state index in [-0.39, 0.29) is 25.2 Å². The summed E-state index contributed by atoms with van der Waals surface area (Å²) in [5, 5.41) is 25.2. The fourth-order valence-corrected chi connectivity index (χ4v) is 3.05. The Balaban J connectivity index is 2.22. The highest BCUT2D eigenvalue weighted by molar-refractivity contribution is 5.94. The lowest BCUT2D eigenvalue weighted by Crippen LogP contribution is -2.38. The van der Waals surface area contributed by atoms with Crippen molar-refractivity contribution < 1.29 is 15.0 Å². The van der Waals surface area contributed by atoms with Gasteiger partial charge in [-0.1, -0.05) is 37.8 Å². The number of aromatic nitrogens is 2. The number of carbonyl (C=O) groups excluding carboxylic acids is 1. The molecule has 2 heterocycles. The van der Waals surface area contributed by atoms with Crippen molar-refractivity contribution in [1.82, 2.24) is 14.9 Å². The van der Waals surface area contributed by atoms with Crippen LogP contribution in [0.3, 0.4) is 0 Å². The van der Waals surface area contributed by atoms with Crippen molar-refractivity contribution in [2.45, 2.75) is 39.3 Å². The van der Waals surface area contributed by atoms with Crippen LogP contribution in [0, 0.1) is 6.92 Å². The van der Waals surface area contributed by atoms with E-state index in [1.54, 1.807) is 24.5 Å². The number of rotatable bonds is 11. The number of hydrogen-bond donors (Lipinski definition) is 4. The van der Waals surface area contributed by atoms with Gasteiger partial charge in [0.05, 0.1) is 36.5 Å². The van der Waals surface area contributed by atoms with Crippen molar-refractivity contribution in [3.63, 3.8) is 0 Å². The predicted molar refractivity (Wildman–Crippen MR) is 125 cm³/mol. The van der Waals surface area contributed by atoms with Gasteiger partial charge in [0.1, 0.15) is 5.82 Å². The molecule has 0 bridgehead atoms. The molecule has 1 amide bonds. The lowest BCUT2D eigenvalue weighted by Gasteiger charge is -2.17. The minimum absolute atomic E-state index is 0.0242. The lowest BCUT2D eigenvalue weighted by molar-refractivity contribution is 0.0927. The van der Waals surface area contributed by atoms with Gasteiger partial charge in [0, 0.05) is 24.7 Å². The van der Waals surface area contributed by atoms with Gasteiger partial charge in [0.2, 0.25) is 0 Å². The fourth-order valence-electron chi connectivity index (χ4n) is 3.05. The molecule has 1 unspecified atom stereocenters. The maximum Gasteiger partial charge on any atom is 0.253 e. The average molecular weight is 425 g/mol. The highest BCUT2D eigenvalue weighted by Crippen LogP contribution is 2.19. The Morgan fingerprint density at radius 3 is 2.74 bits per heavy atom. The highest BCUT2D eigenvalue weighted by Gasteiger charge is 2.17. The van der Waals surface area contributed by atoms with Crippen molar-refractivity contribution in [2.75, 3.05) is 18.5 Å². The molecule has 0 aliphatic heterocycles. The monoisotopic (exact) mass is 424 g/mol. The van der Waals surface area contributed by atoms with Gasteiger partial charge >= 0.3 is 0 Å². The fraction of sp³-hybridized carbons (Fsp3) is 0.333. The van der Waals surface area contributed by atoms with Crippen molar-refractivity contribution in [1.29, 1.82) is 0 Å². The van der Waals surface area contributed by atoms with E-state index in [0.717, 1.165) is 23.2 Å². The van der Waals surface area contributed by atoms with E-state index >= 15 is 0 Å². The highest BCUT2D eigenvalue weighted by atomic mass is 16.3. The number of nitrogens with zero attached hydrogens (tertiary/aromatic N) is 2. The van der Waals surface area contributed by atoms with Crippen LogP contribution in [-0.4, -0.2) is 51.0 Å². The molecule has 166 valence electrons. The molecule has 4 N–H and O–H groups in total. The van der Waals surface area contributed by atoms with Gasteiger partial charge in [-0.15, -0.1) is 0 Å². The third kappa shape index (κ3) is 6.41. The summed E-state index contributed by atoms with van der Waals surface area (Å²) in [5.74, 6) is 0.369. The predicted octanol–water partition coefficient (Wildman–Crippen LogP) is 3.14. The standard InChI is InChI=1S/C24H32N4O3/c1-5-8-9-18(6-2)21(16-30)27-24(31)19-10-11-28(14-19)22-12-23(25-13-17(22)4)26-20(7-3)15-29/h5-6,8-14,20-21,29-30H,2,7,15-16H2,1,3-4H3,(H,25,26)(H,27,31)/b8-5-,18-9+/t20-,21?/m0/s1. The number of allylic oxidation sites excluding steroid dienone is 3. The number of aliphatic hydroxyl groups is 2. The Morgan fingerprint density at radius 2 is 2.13 bits per heavy atom. The molecule has 2 aromatic rings. The van der Waals surface area contributed by atoms with Crippen LogP contribution >= 0.6 is 0 Å². The van der Waals surface area contributed by atoms with Crippen LogP contribution in [-0.2, 0) is 0 Å². The van der Waals surface area contributed by atoms with E-state index in [4.69, 9.17) is 0 Å². The number of amides is 1. The second-order valence-corrected chi connectivity index (χ2v) is 7.20. The molecule has 0 aromatic carbocycles. The van der Waals surface area contributed by atoms with Crippen molar-refractivity contribution in [2.24, 2.45) is 0 Å². The largest absolute Gasteiger partial charge is 0.394 e. The average Bonchev–Trinajstić information content (AvgIpc) is 3.28. The van der Waals surface area contributed by atoms with Crippen LogP contribution in [0.5, 0.6) is 0 Å². The molecule has 0 radical (unpaired) electrons. The lowest BCUT2D eigenvalue weighted by atomic mass is 10.1. The quantitative estimate of drug-likeness (QED) is 0.415. The normalized spacial score (nSPS) is 13.8.